The van der Waals surface area contributed by atoms with Crippen LogP contribution in [-0.2, 0) is 4.79 Å². The lowest BCUT2D eigenvalue weighted by molar-refractivity contribution is -0.384. The second kappa shape index (κ2) is 7.73. The number of carbonyl (C=O) groups excluding carboxylic acids is 1. The predicted octanol–water partition coefficient (Wildman–Crippen LogP) is 2.10. The Balaban J connectivity index is 1.87. The molecule has 0 saturated carbocycles. The maximum atomic E-state index is 11.7. The topological polar surface area (TPSA) is 120 Å². The number of benzene rings is 2. The molecule has 0 aliphatic carbocycles. The van der Waals surface area contributed by atoms with Crippen molar-refractivity contribution in [3.63, 3.8) is 0 Å². The molecule has 2 rings (SSSR count). The minimum Gasteiger partial charge on any atom is -0.484 e. The number of anilines is 1. The Kier molecular flexibility index (Phi) is 5.45. The Labute approximate surface area is 138 Å². The summed E-state index contributed by atoms with van der Waals surface area (Å²) in [4.78, 5) is 21.8. The number of nitrogen functional groups attached to an aromatic ring is 1. The van der Waals surface area contributed by atoms with Crippen LogP contribution >= 0.6 is 0 Å². The van der Waals surface area contributed by atoms with Crippen molar-refractivity contribution in [2.24, 2.45) is 5.10 Å². The van der Waals surface area contributed by atoms with Crippen LogP contribution in [0.2, 0.25) is 0 Å². The number of carbonyl (C=O) groups is 1. The van der Waals surface area contributed by atoms with E-state index in [9.17, 15) is 14.9 Å². The van der Waals surface area contributed by atoms with Crippen LogP contribution in [0.25, 0.3) is 0 Å². The fraction of sp³-hybridized carbons (Fsp3) is 0.125. The van der Waals surface area contributed by atoms with Crippen LogP contribution in [0.5, 0.6) is 5.75 Å². The van der Waals surface area contributed by atoms with Gasteiger partial charge in [0.2, 0.25) is 0 Å². The summed E-state index contributed by atoms with van der Waals surface area (Å²) in [5.74, 6) is -0.0936. The molecule has 0 aliphatic heterocycles. The Bertz CT molecular complexity index is 772. The molecule has 8 nitrogen and oxygen atoms in total. The molecule has 0 unspecified atom stereocenters. The normalized spacial score (nSPS) is 11.0. The largest absolute Gasteiger partial charge is 0.484 e. The van der Waals surface area contributed by atoms with Crippen molar-refractivity contribution in [3.05, 3.63) is 64.2 Å². The van der Waals surface area contributed by atoms with Gasteiger partial charge in [0.25, 0.3) is 11.6 Å². The minimum atomic E-state index is -0.510. The molecule has 2 aromatic carbocycles. The quantitative estimate of drug-likeness (QED) is 0.364. The Morgan fingerprint density at radius 3 is 2.62 bits per heavy atom. The first-order valence-corrected chi connectivity index (χ1v) is 7.02. The van der Waals surface area contributed by atoms with E-state index in [2.05, 4.69) is 10.5 Å². The number of non-ortho nitro benzene ring substituents is 1. The molecular weight excluding hydrogens is 312 g/mol. The zero-order valence-electron chi connectivity index (χ0n) is 12.9. The van der Waals surface area contributed by atoms with Gasteiger partial charge in [-0.05, 0) is 36.8 Å². The number of ether oxygens (including phenoxy) is 1. The van der Waals surface area contributed by atoms with Crippen LogP contribution in [0.15, 0.2) is 53.6 Å². The highest BCUT2D eigenvalue weighted by Crippen LogP contribution is 2.17. The fourth-order valence-corrected chi connectivity index (χ4v) is 1.82. The van der Waals surface area contributed by atoms with Gasteiger partial charge in [-0.2, -0.15) is 5.10 Å². The van der Waals surface area contributed by atoms with E-state index < -0.39 is 10.8 Å². The third kappa shape index (κ3) is 4.80. The summed E-state index contributed by atoms with van der Waals surface area (Å²) < 4.78 is 5.24. The Morgan fingerprint density at radius 2 is 2.00 bits per heavy atom. The molecule has 0 aromatic heterocycles. The smallest absolute Gasteiger partial charge is 0.277 e. The summed E-state index contributed by atoms with van der Waals surface area (Å²) in [5, 5.41) is 14.5. The van der Waals surface area contributed by atoms with E-state index in [0.717, 1.165) is 5.56 Å². The van der Waals surface area contributed by atoms with Gasteiger partial charge in [0.15, 0.2) is 6.61 Å². The van der Waals surface area contributed by atoms with Gasteiger partial charge in [-0.1, -0.05) is 12.1 Å². The van der Waals surface area contributed by atoms with Gasteiger partial charge >= 0.3 is 0 Å². The molecule has 2 aromatic rings. The number of hydrogen-bond donors (Lipinski definition) is 2. The lowest BCUT2D eigenvalue weighted by Crippen LogP contribution is -2.25. The van der Waals surface area contributed by atoms with Gasteiger partial charge in [0.1, 0.15) is 5.75 Å². The molecule has 1 amide bonds. The molecular formula is C16H16N4O4. The molecule has 0 fully saturated rings. The number of hydrogen-bond acceptors (Lipinski definition) is 6. The van der Waals surface area contributed by atoms with Gasteiger partial charge in [-0.15, -0.1) is 0 Å². The summed E-state index contributed by atoms with van der Waals surface area (Å²) in [7, 11) is 0. The number of nitro groups is 1. The Morgan fingerprint density at radius 1 is 1.29 bits per heavy atom. The average molecular weight is 328 g/mol. The predicted molar refractivity (Wildman–Crippen MR) is 89.8 cm³/mol. The maximum absolute atomic E-state index is 11.7. The van der Waals surface area contributed by atoms with Crippen LogP contribution in [-0.4, -0.2) is 23.1 Å². The zero-order valence-corrected chi connectivity index (χ0v) is 12.9. The van der Waals surface area contributed by atoms with E-state index >= 15 is 0 Å². The van der Waals surface area contributed by atoms with Gasteiger partial charge in [0.05, 0.1) is 10.6 Å². The van der Waals surface area contributed by atoms with Gasteiger partial charge < -0.3 is 10.5 Å². The van der Waals surface area contributed by atoms with E-state index in [4.69, 9.17) is 10.5 Å². The summed E-state index contributed by atoms with van der Waals surface area (Å²) >= 11 is 0. The van der Waals surface area contributed by atoms with Crippen LogP contribution in [0.1, 0.15) is 12.5 Å². The monoisotopic (exact) mass is 328 g/mol. The van der Waals surface area contributed by atoms with Crippen LogP contribution in [0, 0.1) is 10.1 Å². The highest BCUT2D eigenvalue weighted by Gasteiger charge is 2.06. The van der Waals surface area contributed by atoms with Gasteiger partial charge in [0, 0.05) is 17.8 Å². The van der Waals surface area contributed by atoms with Gasteiger partial charge in [-0.25, -0.2) is 5.43 Å². The molecule has 0 spiro atoms. The first-order chi connectivity index (χ1) is 11.5. The minimum absolute atomic E-state index is 0.0471. The standard InChI is InChI=1S/C16H16N4O4/c1-11(12-3-2-4-13(17)9-12)18-19-16(21)10-24-15-7-5-14(6-8-15)20(22)23/h2-9H,10,17H2,1H3,(H,19,21). The third-order valence-electron chi connectivity index (χ3n) is 3.07. The molecule has 0 aliphatic rings. The zero-order chi connectivity index (χ0) is 17.5. The lowest BCUT2D eigenvalue weighted by atomic mass is 10.1. The first kappa shape index (κ1) is 16.9. The van der Waals surface area contributed by atoms with Crippen molar-refractivity contribution >= 4 is 23.0 Å². The SMILES string of the molecule is CC(=NNC(=O)COc1ccc([N+](=O)[O-])cc1)c1cccc(N)c1. The number of nitrogens with zero attached hydrogens (tertiary/aromatic N) is 2. The van der Waals surface area contributed by atoms with E-state index in [1.165, 1.54) is 24.3 Å². The molecule has 124 valence electrons. The fourth-order valence-electron chi connectivity index (χ4n) is 1.82. The van der Waals surface area contributed by atoms with Gasteiger partial charge in [-0.3, -0.25) is 14.9 Å². The molecule has 24 heavy (non-hydrogen) atoms. The highest BCUT2D eigenvalue weighted by atomic mass is 16.6. The lowest BCUT2D eigenvalue weighted by Gasteiger charge is -2.06. The second-order valence-corrected chi connectivity index (χ2v) is 4.90. The van der Waals surface area contributed by atoms with Crippen molar-refractivity contribution in [3.8, 4) is 5.75 Å². The van der Waals surface area contributed by atoms with Crippen molar-refractivity contribution in [2.75, 3.05) is 12.3 Å². The molecule has 8 heteroatoms. The molecule has 0 saturated heterocycles. The summed E-state index contributed by atoms with van der Waals surface area (Å²) in [6.07, 6.45) is 0. The van der Waals surface area contributed by atoms with E-state index in [0.29, 0.717) is 17.1 Å². The second-order valence-electron chi connectivity index (χ2n) is 4.90. The van der Waals surface area contributed by atoms with Crippen molar-refractivity contribution < 1.29 is 14.5 Å². The molecule has 3 N–H and O–H groups in total. The number of rotatable bonds is 6. The third-order valence-corrected chi connectivity index (χ3v) is 3.07. The molecule has 0 bridgehead atoms. The maximum Gasteiger partial charge on any atom is 0.277 e. The average Bonchev–Trinajstić information content (AvgIpc) is 2.58. The Hall–Kier alpha value is -3.42. The number of amides is 1. The van der Waals surface area contributed by atoms with E-state index in [1.54, 1.807) is 25.1 Å². The molecule has 0 atom stereocenters. The van der Waals surface area contributed by atoms with Crippen LogP contribution in [0.3, 0.4) is 0 Å². The molecule has 0 heterocycles. The number of nitro benzene ring substituents is 1. The summed E-state index contributed by atoms with van der Waals surface area (Å²) in [5.41, 5.74) is 10.0. The van der Waals surface area contributed by atoms with Crippen LogP contribution < -0.4 is 15.9 Å². The van der Waals surface area contributed by atoms with Crippen molar-refractivity contribution in [1.29, 1.82) is 0 Å². The first-order valence-electron chi connectivity index (χ1n) is 7.02. The van der Waals surface area contributed by atoms with Crippen molar-refractivity contribution in [2.45, 2.75) is 6.92 Å². The number of nitrogens with one attached hydrogen (secondary N) is 1. The molecule has 0 radical (unpaired) electrons. The van der Waals surface area contributed by atoms with E-state index in [1.807, 2.05) is 6.07 Å². The summed E-state index contributed by atoms with van der Waals surface area (Å²) in [6.45, 7) is 1.48. The highest BCUT2D eigenvalue weighted by molar-refractivity contribution is 5.99. The van der Waals surface area contributed by atoms with E-state index in [-0.39, 0.29) is 12.3 Å². The number of hydrazone groups is 1. The summed E-state index contributed by atoms with van der Waals surface area (Å²) in [6, 6.07) is 12.6. The number of nitrogens with two attached hydrogens (primary N) is 1. The van der Waals surface area contributed by atoms with Crippen LogP contribution in [0.4, 0.5) is 11.4 Å². The van der Waals surface area contributed by atoms with Crippen molar-refractivity contribution in [1.82, 2.24) is 5.43 Å².